The molecule has 17 heavy (non-hydrogen) atoms. The molecule has 1 aromatic rings. The second kappa shape index (κ2) is 5.21. The average Bonchev–Trinajstić information content (AvgIpc) is 2.70. The fourth-order valence-corrected chi connectivity index (χ4v) is 1.76. The predicted octanol–water partition coefficient (Wildman–Crippen LogP) is 1.76. The summed E-state index contributed by atoms with van der Waals surface area (Å²) in [4.78, 5) is 0. The molecule has 3 nitrogen and oxygen atoms in total. The molecule has 1 aromatic carbocycles. The molecular weight excluding hydrogens is 215 g/mol. The van der Waals surface area contributed by atoms with Gasteiger partial charge < -0.3 is 14.4 Å². The van der Waals surface area contributed by atoms with Crippen LogP contribution >= 0.6 is 0 Å². The molecule has 4 heteroatoms. The van der Waals surface area contributed by atoms with E-state index in [9.17, 15) is 5.02 Å². The van der Waals surface area contributed by atoms with Gasteiger partial charge in [0.15, 0.2) is 0 Å². The van der Waals surface area contributed by atoms with E-state index in [1.165, 1.54) is 0 Å². The van der Waals surface area contributed by atoms with E-state index in [0.29, 0.717) is 6.61 Å². The maximum Gasteiger partial charge on any atom is 0.491 e. The van der Waals surface area contributed by atoms with Crippen LogP contribution in [-0.4, -0.2) is 12.1 Å². The normalized spacial score (nSPS) is 15.5. The third-order valence-corrected chi connectivity index (χ3v) is 2.63. The average molecular weight is 230 g/mol. The van der Waals surface area contributed by atoms with Crippen LogP contribution in [0.4, 0.5) is 0 Å². The number of hydrogen-bond acceptors (Lipinski definition) is 3. The lowest BCUT2D eigenvalue weighted by Crippen LogP contribution is -2.27. The van der Waals surface area contributed by atoms with Crippen LogP contribution in [0.3, 0.4) is 0 Å². The summed E-state index contributed by atoms with van der Waals surface area (Å²) < 4.78 is 10.8. The van der Waals surface area contributed by atoms with Crippen molar-refractivity contribution in [2.45, 2.75) is 20.5 Å². The van der Waals surface area contributed by atoms with E-state index in [2.05, 4.69) is 0 Å². The fourth-order valence-electron chi connectivity index (χ4n) is 1.76. The Morgan fingerprint density at radius 2 is 2.29 bits per heavy atom. The highest BCUT2D eigenvalue weighted by molar-refractivity contribution is 6.61. The van der Waals surface area contributed by atoms with Gasteiger partial charge in [-0.2, -0.15) is 0 Å². The molecule has 2 rings (SSSR count). The molecule has 0 unspecified atom stereocenters. The second-order valence-electron chi connectivity index (χ2n) is 3.82. The summed E-state index contributed by atoms with van der Waals surface area (Å²) in [5.74, 6) is 1.56. The molecule has 1 heterocycles. The van der Waals surface area contributed by atoms with Gasteiger partial charge in [-0.05, 0) is 49.2 Å². The first kappa shape index (κ1) is 12.0. The molecule has 0 fully saturated rings. The Hall–Kier alpha value is -1.52. The van der Waals surface area contributed by atoms with E-state index < -0.39 is 7.12 Å². The van der Waals surface area contributed by atoms with Gasteiger partial charge in [0.25, 0.3) is 0 Å². The molecular formula is C13H15BO3. The minimum atomic E-state index is -0.796. The quantitative estimate of drug-likeness (QED) is 0.488. The second-order valence-corrected chi connectivity index (χ2v) is 3.82. The van der Waals surface area contributed by atoms with Crippen molar-refractivity contribution >= 4 is 12.6 Å². The lowest BCUT2D eigenvalue weighted by atomic mass is 9.80. The number of allylic oxidation sites excluding steroid dienone is 3. The van der Waals surface area contributed by atoms with E-state index in [0.717, 1.165) is 22.5 Å². The van der Waals surface area contributed by atoms with Gasteiger partial charge >= 0.3 is 7.12 Å². The van der Waals surface area contributed by atoms with E-state index in [1.807, 2.05) is 50.3 Å². The van der Waals surface area contributed by atoms with Gasteiger partial charge in [-0.1, -0.05) is 12.1 Å². The Kier molecular flexibility index (Phi) is 3.66. The molecule has 1 aliphatic rings. The van der Waals surface area contributed by atoms with Gasteiger partial charge in [0.1, 0.15) is 11.5 Å². The molecule has 0 amide bonds. The highest BCUT2D eigenvalue weighted by Gasteiger charge is 2.27. The molecule has 88 valence electrons. The van der Waals surface area contributed by atoms with Crippen LogP contribution in [0.5, 0.6) is 5.75 Å². The van der Waals surface area contributed by atoms with Gasteiger partial charge in [0.2, 0.25) is 0 Å². The molecule has 0 aliphatic carbocycles. The third kappa shape index (κ3) is 2.60. The first-order valence-corrected chi connectivity index (χ1v) is 5.64. The first-order chi connectivity index (χ1) is 8.24. The highest BCUT2D eigenvalue weighted by atomic mass is 16.5. The Bertz CT molecular complexity index is 466. The smallest absolute Gasteiger partial charge is 0.458 e. The van der Waals surface area contributed by atoms with Crippen molar-refractivity contribution in [3.05, 3.63) is 47.7 Å². The van der Waals surface area contributed by atoms with Gasteiger partial charge in [-0.25, -0.2) is 0 Å². The van der Waals surface area contributed by atoms with Crippen LogP contribution in [0, 0.1) is 0 Å². The number of rotatable bonds is 3. The summed E-state index contributed by atoms with van der Waals surface area (Å²) in [5, 5.41) is 9.50. The minimum Gasteiger partial charge on any atom is -0.458 e. The lowest BCUT2D eigenvalue weighted by Gasteiger charge is -2.07. The van der Waals surface area contributed by atoms with E-state index in [4.69, 9.17) is 9.39 Å². The van der Waals surface area contributed by atoms with Crippen LogP contribution in [0.2, 0.25) is 0 Å². The zero-order valence-corrected chi connectivity index (χ0v) is 10.0. The van der Waals surface area contributed by atoms with E-state index >= 15 is 0 Å². The van der Waals surface area contributed by atoms with Crippen molar-refractivity contribution in [3.8, 4) is 5.75 Å². The lowest BCUT2D eigenvalue weighted by molar-refractivity contribution is 0.275. The molecule has 0 radical (unpaired) electrons. The number of ether oxygens (including phenoxy) is 1. The summed E-state index contributed by atoms with van der Waals surface area (Å²) in [6.45, 7) is 4.30. The molecule has 0 saturated heterocycles. The zero-order chi connectivity index (χ0) is 12.3. The number of benzene rings is 1. The molecule has 0 bridgehead atoms. The van der Waals surface area contributed by atoms with Gasteiger partial charge in [0, 0.05) is 0 Å². The monoisotopic (exact) mass is 230 g/mol. The van der Waals surface area contributed by atoms with Crippen molar-refractivity contribution < 1.29 is 14.4 Å². The third-order valence-electron chi connectivity index (χ3n) is 2.63. The van der Waals surface area contributed by atoms with Crippen molar-refractivity contribution in [1.29, 1.82) is 0 Å². The van der Waals surface area contributed by atoms with Crippen LogP contribution in [0.1, 0.15) is 19.4 Å². The summed E-state index contributed by atoms with van der Waals surface area (Å²) in [5.41, 5.74) is 1.80. The molecule has 1 aliphatic heterocycles. The van der Waals surface area contributed by atoms with Crippen molar-refractivity contribution in [2.75, 3.05) is 0 Å². The van der Waals surface area contributed by atoms with E-state index in [1.54, 1.807) is 0 Å². The van der Waals surface area contributed by atoms with Crippen LogP contribution in [-0.2, 0) is 11.3 Å². The highest BCUT2D eigenvalue weighted by Crippen LogP contribution is 2.19. The molecule has 0 aromatic heterocycles. The van der Waals surface area contributed by atoms with Crippen LogP contribution in [0.15, 0.2) is 42.2 Å². The predicted molar refractivity (Wildman–Crippen MR) is 68.0 cm³/mol. The summed E-state index contributed by atoms with van der Waals surface area (Å²) in [7, 11) is -0.796. The SMILES string of the molecule is C/C=C\C(=C/C)Oc1ccc2c(c1)COB2O. The minimum absolute atomic E-state index is 0.433. The summed E-state index contributed by atoms with van der Waals surface area (Å²) in [6.07, 6.45) is 5.73. The Morgan fingerprint density at radius 1 is 1.47 bits per heavy atom. The Labute approximate surface area is 102 Å². The van der Waals surface area contributed by atoms with Crippen LogP contribution < -0.4 is 10.2 Å². The van der Waals surface area contributed by atoms with Crippen molar-refractivity contribution in [2.24, 2.45) is 0 Å². The Morgan fingerprint density at radius 3 is 3.00 bits per heavy atom. The summed E-state index contributed by atoms with van der Waals surface area (Å²) in [6, 6.07) is 5.58. The number of hydrogen-bond donors (Lipinski definition) is 1. The standard InChI is InChI=1S/C13H15BO3/c1-3-5-11(4-2)17-12-6-7-13-10(8-12)9-16-14(13)15/h3-8,15H,9H2,1-2H3/b5-3-,11-4+. The fraction of sp³-hybridized carbons (Fsp3) is 0.231. The maximum atomic E-state index is 9.50. The molecule has 0 spiro atoms. The van der Waals surface area contributed by atoms with Gasteiger partial charge in [-0.15, -0.1) is 0 Å². The topological polar surface area (TPSA) is 38.7 Å². The van der Waals surface area contributed by atoms with Gasteiger partial charge in [0.05, 0.1) is 6.61 Å². The van der Waals surface area contributed by atoms with E-state index in [-0.39, 0.29) is 0 Å². The first-order valence-electron chi connectivity index (χ1n) is 5.64. The van der Waals surface area contributed by atoms with Gasteiger partial charge in [-0.3, -0.25) is 0 Å². The van der Waals surface area contributed by atoms with Crippen molar-refractivity contribution in [1.82, 2.24) is 0 Å². The molecule has 0 saturated carbocycles. The maximum absolute atomic E-state index is 9.50. The molecule has 1 N–H and O–H groups in total. The summed E-state index contributed by atoms with van der Waals surface area (Å²) >= 11 is 0. The zero-order valence-electron chi connectivity index (χ0n) is 10.0. The number of fused-ring (bicyclic) bond motifs is 1. The van der Waals surface area contributed by atoms with Crippen LogP contribution in [0.25, 0.3) is 0 Å². The Balaban J connectivity index is 2.19. The largest absolute Gasteiger partial charge is 0.491 e. The van der Waals surface area contributed by atoms with Crippen molar-refractivity contribution in [3.63, 3.8) is 0 Å². The molecule has 0 atom stereocenters.